The average molecular weight is 646 g/mol. The Labute approximate surface area is 273 Å². The molecule has 4 saturated heterocycles. The maximum atomic E-state index is 17.0. The monoisotopic (exact) mass is 645 g/mol. The lowest BCUT2D eigenvalue weighted by Crippen LogP contribution is -2.47. The van der Waals surface area contributed by atoms with Crippen molar-refractivity contribution in [2.75, 3.05) is 44.3 Å². The van der Waals surface area contributed by atoms with Crippen LogP contribution in [-0.2, 0) is 4.74 Å². The molecule has 1 spiro atoms. The topological polar surface area (TPSA) is 81.4 Å². The smallest absolute Gasteiger partial charge is 0.319 e. The molecule has 46 heavy (non-hydrogen) atoms. The van der Waals surface area contributed by atoms with Crippen LogP contribution in [0.15, 0.2) is 24.5 Å². The molecule has 1 saturated carbocycles. The molecule has 4 aliphatic heterocycles. The summed E-state index contributed by atoms with van der Waals surface area (Å²) in [4.78, 5) is 19.4. The molecule has 1 aromatic carbocycles. The predicted octanol–water partition coefficient (Wildman–Crippen LogP) is 7.31. The first kappa shape index (κ1) is 29.1. The van der Waals surface area contributed by atoms with Crippen molar-refractivity contribution in [3.63, 3.8) is 0 Å². The molecule has 0 radical (unpaired) electrons. The van der Waals surface area contributed by atoms with Gasteiger partial charge in [-0.2, -0.15) is 15.1 Å². The van der Waals surface area contributed by atoms with E-state index in [0.717, 1.165) is 81.4 Å². The van der Waals surface area contributed by atoms with Crippen LogP contribution in [0.4, 0.5) is 10.2 Å². The molecule has 1 atom stereocenters. The summed E-state index contributed by atoms with van der Waals surface area (Å²) in [6, 6.07) is 3.89. The molecule has 0 bridgehead atoms. The molecule has 1 unspecified atom stereocenters. The summed E-state index contributed by atoms with van der Waals surface area (Å²) >= 11 is 6.67. The van der Waals surface area contributed by atoms with Gasteiger partial charge in [0.25, 0.3) is 0 Å². The van der Waals surface area contributed by atoms with E-state index in [9.17, 15) is 0 Å². The van der Waals surface area contributed by atoms with Crippen molar-refractivity contribution in [3.05, 3.63) is 35.4 Å². The number of anilines is 1. The highest BCUT2D eigenvalue weighted by Crippen LogP contribution is 2.49. The highest BCUT2D eigenvalue weighted by Gasteiger charge is 2.45. The van der Waals surface area contributed by atoms with E-state index in [1.165, 1.54) is 38.5 Å². The molecule has 1 aliphatic carbocycles. The second-order valence-corrected chi connectivity index (χ2v) is 14.8. The lowest BCUT2D eigenvalue weighted by molar-refractivity contribution is -0.0366. The second kappa shape index (κ2) is 11.3. The van der Waals surface area contributed by atoms with Crippen molar-refractivity contribution >= 4 is 39.2 Å². The zero-order valence-corrected chi connectivity index (χ0v) is 27.1. The average Bonchev–Trinajstić information content (AvgIpc) is 3.78. The first-order chi connectivity index (χ1) is 22.5. The number of pyridine rings is 1. The van der Waals surface area contributed by atoms with Crippen LogP contribution in [0.25, 0.3) is 33.1 Å². The van der Waals surface area contributed by atoms with Crippen LogP contribution in [0.1, 0.15) is 83.3 Å². The molecule has 242 valence electrons. The SMILES string of the molecule is Fc1c(-c2cc(Cl)cc3c2cnn3C2CCCCO2)ncc2c(N3CCCC4(CCC4)C3)nc(OCC34CCCN3CCC4)nc12. The van der Waals surface area contributed by atoms with E-state index in [4.69, 9.17) is 36.0 Å². The van der Waals surface area contributed by atoms with E-state index in [2.05, 4.69) is 14.9 Å². The number of aromatic nitrogens is 5. The quantitative estimate of drug-likeness (QED) is 0.216. The number of ether oxygens (including phenoxy) is 2. The van der Waals surface area contributed by atoms with Gasteiger partial charge in [0.05, 0.1) is 22.6 Å². The molecule has 0 amide bonds. The minimum Gasteiger partial charge on any atom is -0.461 e. The highest BCUT2D eigenvalue weighted by atomic mass is 35.5. The van der Waals surface area contributed by atoms with Crippen LogP contribution in [0.5, 0.6) is 6.01 Å². The number of halogens is 2. The molecule has 9 nitrogen and oxygen atoms in total. The normalized spacial score (nSPS) is 24.1. The largest absolute Gasteiger partial charge is 0.461 e. The van der Waals surface area contributed by atoms with E-state index in [-0.39, 0.29) is 29.0 Å². The molecular formula is C35H41ClFN7O2. The van der Waals surface area contributed by atoms with Gasteiger partial charge in [0, 0.05) is 41.9 Å². The van der Waals surface area contributed by atoms with Gasteiger partial charge in [-0.05, 0) is 101 Å². The van der Waals surface area contributed by atoms with Crippen LogP contribution in [0.3, 0.4) is 0 Å². The summed E-state index contributed by atoms with van der Waals surface area (Å²) in [5.41, 5.74) is 2.20. The van der Waals surface area contributed by atoms with Gasteiger partial charge in [0.15, 0.2) is 12.0 Å². The lowest BCUT2D eigenvalue weighted by atomic mass is 9.64. The van der Waals surface area contributed by atoms with E-state index in [1.54, 1.807) is 18.5 Å². The van der Waals surface area contributed by atoms with Gasteiger partial charge in [0.2, 0.25) is 0 Å². The number of nitrogens with zero attached hydrogens (tertiary/aromatic N) is 7. The highest BCUT2D eigenvalue weighted by molar-refractivity contribution is 6.32. The van der Waals surface area contributed by atoms with Crippen molar-refractivity contribution in [2.45, 2.75) is 88.8 Å². The third kappa shape index (κ3) is 4.77. The Bertz CT molecular complexity index is 1790. The third-order valence-corrected chi connectivity index (χ3v) is 11.9. The number of fused-ring (bicyclic) bond motifs is 3. The van der Waals surface area contributed by atoms with E-state index in [1.807, 2.05) is 10.7 Å². The first-order valence-electron chi connectivity index (χ1n) is 17.3. The van der Waals surface area contributed by atoms with Crippen molar-refractivity contribution in [3.8, 4) is 17.3 Å². The van der Waals surface area contributed by atoms with Crippen LogP contribution in [0, 0.1) is 11.2 Å². The molecule has 5 fully saturated rings. The van der Waals surface area contributed by atoms with E-state index >= 15 is 4.39 Å². The number of hydrogen-bond acceptors (Lipinski definition) is 8. The molecule has 7 heterocycles. The molecule has 3 aromatic heterocycles. The Hall–Kier alpha value is -3.08. The van der Waals surface area contributed by atoms with Crippen LogP contribution in [-0.4, -0.2) is 74.6 Å². The molecular weight excluding hydrogens is 605 g/mol. The summed E-state index contributed by atoms with van der Waals surface area (Å²) in [5.74, 6) is 0.239. The maximum absolute atomic E-state index is 17.0. The number of piperidine rings is 1. The molecule has 0 N–H and O–H groups in total. The number of rotatable bonds is 6. The van der Waals surface area contributed by atoms with Gasteiger partial charge in [-0.3, -0.25) is 9.88 Å². The molecule has 5 aliphatic rings. The summed E-state index contributed by atoms with van der Waals surface area (Å²) in [6.45, 7) is 5.26. The predicted molar refractivity (Wildman–Crippen MR) is 176 cm³/mol. The maximum Gasteiger partial charge on any atom is 0.319 e. The Morgan fingerprint density at radius 3 is 2.54 bits per heavy atom. The second-order valence-electron chi connectivity index (χ2n) is 14.4. The van der Waals surface area contributed by atoms with Crippen LogP contribution < -0.4 is 9.64 Å². The van der Waals surface area contributed by atoms with Crippen molar-refractivity contribution in [1.82, 2.24) is 29.6 Å². The van der Waals surface area contributed by atoms with E-state index < -0.39 is 5.82 Å². The zero-order valence-electron chi connectivity index (χ0n) is 26.3. The lowest BCUT2D eigenvalue weighted by Gasteiger charge is -2.49. The van der Waals surface area contributed by atoms with Gasteiger partial charge in [0.1, 0.15) is 23.6 Å². The molecule has 11 heteroatoms. The molecule has 9 rings (SSSR count). The van der Waals surface area contributed by atoms with Gasteiger partial charge in [-0.25, -0.2) is 9.07 Å². The van der Waals surface area contributed by atoms with Gasteiger partial charge < -0.3 is 14.4 Å². The Kier molecular flexibility index (Phi) is 7.13. The first-order valence-corrected chi connectivity index (χ1v) is 17.7. The Morgan fingerprint density at radius 2 is 1.76 bits per heavy atom. The summed E-state index contributed by atoms with van der Waals surface area (Å²) in [6.07, 6.45) is 17.1. The third-order valence-electron chi connectivity index (χ3n) is 11.7. The fourth-order valence-corrected chi connectivity index (χ4v) is 9.31. The number of hydrogen-bond donors (Lipinski definition) is 0. The van der Waals surface area contributed by atoms with Crippen molar-refractivity contribution in [2.24, 2.45) is 5.41 Å². The standard InChI is InChI=1S/C35H41ClFN7O2/c36-23-17-24(25-20-39-44(27(25)18-23)28-7-1-2-16-45-28)30-29(37)31-26(19-38-30)32(42-13-4-10-34(21-42)8-3-9-34)41-33(40-31)46-22-35-11-5-14-43(35)15-6-12-35/h17-20,28H,1-16,21-22H2. The summed E-state index contributed by atoms with van der Waals surface area (Å²) in [5, 5.41) is 6.56. The number of benzene rings is 1. The van der Waals surface area contributed by atoms with E-state index in [0.29, 0.717) is 34.6 Å². The summed E-state index contributed by atoms with van der Waals surface area (Å²) < 4.78 is 31.3. The van der Waals surface area contributed by atoms with Gasteiger partial charge >= 0.3 is 6.01 Å². The summed E-state index contributed by atoms with van der Waals surface area (Å²) in [7, 11) is 0. The van der Waals surface area contributed by atoms with Gasteiger partial charge in [-0.1, -0.05) is 18.0 Å². The fourth-order valence-electron chi connectivity index (χ4n) is 9.10. The fraction of sp³-hybridized carbons (Fsp3) is 0.600. The zero-order chi connectivity index (χ0) is 30.9. The van der Waals surface area contributed by atoms with Crippen LogP contribution >= 0.6 is 11.6 Å². The molecule has 4 aromatic rings. The van der Waals surface area contributed by atoms with Crippen molar-refractivity contribution < 1.29 is 13.9 Å². The van der Waals surface area contributed by atoms with Crippen molar-refractivity contribution in [1.29, 1.82) is 0 Å². The van der Waals surface area contributed by atoms with Gasteiger partial charge in [-0.15, -0.1) is 0 Å². The Balaban J connectivity index is 1.15. The Morgan fingerprint density at radius 1 is 0.935 bits per heavy atom. The van der Waals surface area contributed by atoms with Crippen LogP contribution in [0.2, 0.25) is 5.02 Å². The minimum absolute atomic E-state index is 0.0378. The minimum atomic E-state index is -0.492.